The maximum Gasteiger partial charge on any atom is 0.00388 e. The van der Waals surface area contributed by atoms with Gasteiger partial charge in [-0.15, -0.1) is 0 Å². The molecular formula is C21H25N3Pt. The summed E-state index contributed by atoms with van der Waals surface area (Å²) in [5.74, 6) is 0. The van der Waals surface area contributed by atoms with E-state index < -0.39 is 0 Å². The molecule has 0 atom stereocenters. The Bertz CT molecular complexity index is 809. The Labute approximate surface area is 160 Å². The number of benzene rings is 2. The monoisotopic (exact) mass is 514 g/mol. The number of hydrogen-bond acceptors (Lipinski definition) is 1. The van der Waals surface area contributed by atoms with E-state index in [1.807, 2.05) is 0 Å². The molecule has 0 aliphatic heterocycles. The molecule has 3 aromatic rings. The quantitative estimate of drug-likeness (QED) is 0.545. The van der Waals surface area contributed by atoms with E-state index in [2.05, 4.69) is 103 Å². The predicted molar refractivity (Wildman–Crippen MR) is 100 cm³/mol. The minimum atomic E-state index is 0.565. The van der Waals surface area contributed by atoms with E-state index >= 15 is 0 Å². The van der Waals surface area contributed by atoms with Crippen LogP contribution in [0.5, 0.6) is 0 Å². The molecule has 134 valence electrons. The first kappa shape index (κ1) is 18.1. The maximum atomic E-state index is 5.38. The average Bonchev–Trinajstić information content (AvgIpc) is 2.86. The minimum Gasteiger partial charge on any atom is -0.328 e. The Morgan fingerprint density at radius 2 is 1.16 bits per heavy atom. The Morgan fingerprint density at radius 1 is 0.800 bits per heavy atom. The number of imidazole rings is 1. The van der Waals surface area contributed by atoms with Crippen LogP contribution in [0.2, 0.25) is 0 Å². The van der Waals surface area contributed by atoms with Crippen LogP contribution >= 0.6 is 0 Å². The first-order chi connectivity index (χ1) is 12.1. The first-order valence-corrected chi connectivity index (χ1v) is 9.80. The number of hydrogen-bond donors (Lipinski definition) is 1. The standard InChI is InChI=1S/C17H16N2.C4H9N.Pt/c1-18-13-19(2)17(15-11-7-4-8-12-15)16(18)14-9-5-3-6-10-14;5-4-2-1-3-4;/h3-12H,1-2H3;4H,1-3,5H2;. The molecule has 1 aromatic heterocycles. The molecule has 0 amide bonds. The van der Waals surface area contributed by atoms with Gasteiger partial charge in [-0.3, -0.25) is 0 Å². The summed E-state index contributed by atoms with van der Waals surface area (Å²) < 4.78 is 5.71. The van der Waals surface area contributed by atoms with E-state index in [0.717, 1.165) is 0 Å². The molecule has 0 saturated heterocycles. The van der Waals surface area contributed by atoms with E-state index in [9.17, 15) is 0 Å². The second kappa shape index (κ2) is 8.12. The summed E-state index contributed by atoms with van der Waals surface area (Å²) in [5.41, 5.74) is 10.4. The SMILES string of the molecule is Cn1c(-c2ccccc2)c(-c2ccccc2)n(C)[c]1=[Pt].NC1CCC1. The van der Waals surface area contributed by atoms with Crippen LogP contribution in [0.15, 0.2) is 60.7 Å². The molecule has 4 rings (SSSR count). The van der Waals surface area contributed by atoms with Gasteiger partial charge in [-0.05, 0) is 12.8 Å². The van der Waals surface area contributed by atoms with Crippen molar-refractivity contribution in [2.24, 2.45) is 19.8 Å². The molecule has 1 saturated carbocycles. The summed E-state index contributed by atoms with van der Waals surface area (Å²) in [6.45, 7) is 0. The Kier molecular flexibility index (Phi) is 5.88. The molecular weight excluding hydrogens is 489 g/mol. The van der Waals surface area contributed by atoms with Gasteiger partial charge in [-0.1, -0.05) is 6.42 Å². The fourth-order valence-electron chi connectivity index (χ4n) is 3.01. The Balaban J connectivity index is 0.000000314. The van der Waals surface area contributed by atoms with Crippen LogP contribution < -0.4 is 5.73 Å². The van der Waals surface area contributed by atoms with Crippen molar-refractivity contribution < 1.29 is 19.4 Å². The van der Waals surface area contributed by atoms with E-state index in [1.165, 1.54) is 45.6 Å². The number of aromatic nitrogens is 2. The van der Waals surface area contributed by atoms with Crippen LogP contribution in [-0.4, -0.2) is 15.2 Å². The van der Waals surface area contributed by atoms with Crippen molar-refractivity contribution in [1.29, 1.82) is 0 Å². The minimum absolute atomic E-state index is 0.565. The molecule has 2 N–H and O–H groups in total. The zero-order valence-corrected chi connectivity index (χ0v) is 17.0. The molecule has 1 aliphatic rings. The predicted octanol–water partition coefficient (Wildman–Crippen LogP) is 4.27. The fraction of sp³-hybridized carbons (Fsp3) is 0.286. The van der Waals surface area contributed by atoms with E-state index in [4.69, 9.17) is 5.73 Å². The smallest absolute Gasteiger partial charge is 0.00388 e. The van der Waals surface area contributed by atoms with Gasteiger partial charge < -0.3 is 5.73 Å². The third-order valence-electron chi connectivity index (χ3n) is 4.65. The molecule has 1 heterocycles. The summed E-state index contributed by atoms with van der Waals surface area (Å²) in [6, 6.07) is 21.7. The molecule has 1 fully saturated rings. The van der Waals surface area contributed by atoms with Gasteiger partial charge in [-0.2, -0.15) is 0 Å². The third-order valence-corrected chi connectivity index (χ3v) is 6.18. The number of nitrogens with two attached hydrogens (primary N) is 1. The normalized spacial score (nSPS) is 13.8. The molecule has 25 heavy (non-hydrogen) atoms. The summed E-state index contributed by atoms with van der Waals surface area (Å²) in [4.78, 5) is 0. The van der Waals surface area contributed by atoms with E-state index in [1.54, 1.807) is 0 Å². The average molecular weight is 515 g/mol. The molecule has 0 bridgehead atoms. The fourth-order valence-corrected chi connectivity index (χ4v) is 3.51. The van der Waals surface area contributed by atoms with Crippen LogP contribution in [0, 0.1) is 3.80 Å². The van der Waals surface area contributed by atoms with Crippen LogP contribution in [0.1, 0.15) is 19.3 Å². The van der Waals surface area contributed by atoms with Crippen molar-refractivity contribution in [2.75, 3.05) is 0 Å². The van der Waals surface area contributed by atoms with Crippen LogP contribution in [-0.2, 0) is 33.4 Å². The Morgan fingerprint density at radius 3 is 1.44 bits per heavy atom. The van der Waals surface area contributed by atoms with Crippen molar-refractivity contribution in [3.63, 3.8) is 0 Å². The van der Waals surface area contributed by atoms with Crippen LogP contribution in [0.3, 0.4) is 0 Å². The Hall–Kier alpha value is -1.70. The first-order valence-electron chi connectivity index (χ1n) is 8.67. The van der Waals surface area contributed by atoms with E-state index in [-0.39, 0.29) is 0 Å². The van der Waals surface area contributed by atoms with Gasteiger partial charge in [0.15, 0.2) is 0 Å². The zero-order chi connectivity index (χ0) is 17.8. The van der Waals surface area contributed by atoms with Gasteiger partial charge in [0, 0.05) is 6.04 Å². The molecule has 1 aliphatic carbocycles. The van der Waals surface area contributed by atoms with E-state index in [0.29, 0.717) is 6.04 Å². The topological polar surface area (TPSA) is 35.9 Å². The van der Waals surface area contributed by atoms with Crippen molar-refractivity contribution >= 4 is 0 Å². The van der Waals surface area contributed by atoms with Crippen molar-refractivity contribution in [1.82, 2.24) is 9.13 Å². The second-order valence-corrected chi connectivity index (χ2v) is 7.50. The molecule has 0 unspecified atom stereocenters. The summed E-state index contributed by atoms with van der Waals surface area (Å²) in [5, 5.41) is 0. The molecule has 2 aromatic carbocycles. The van der Waals surface area contributed by atoms with Gasteiger partial charge in [0.1, 0.15) is 0 Å². The van der Waals surface area contributed by atoms with Gasteiger partial charge in [-0.25, -0.2) is 0 Å². The summed E-state index contributed by atoms with van der Waals surface area (Å²) >= 11 is 2.38. The molecule has 0 spiro atoms. The second-order valence-electron chi connectivity index (χ2n) is 6.48. The maximum absolute atomic E-state index is 5.38. The summed E-state index contributed by atoms with van der Waals surface area (Å²) in [6.07, 6.45) is 3.89. The molecule has 3 nitrogen and oxygen atoms in total. The van der Waals surface area contributed by atoms with Crippen LogP contribution in [0.4, 0.5) is 0 Å². The number of rotatable bonds is 2. The number of nitrogens with zero attached hydrogens (tertiary/aromatic N) is 2. The van der Waals surface area contributed by atoms with Gasteiger partial charge >= 0.3 is 130 Å². The van der Waals surface area contributed by atoms with Crippen molar-refractivity contribution in [3.8, 4) is 22.5 Å². The molecule has 0 radical (unpaired) electrons. The van der Waals surface area contributed by atoms with Crippen molar-refractivity contribution in [2.45, 2.75) is 25.3 Å². The summed E-state index contributed by atoms with van der Waals surface area (Å²) in [7, 11) is 4.24. The third kappa shape index (κ3) is 3.94. The van der Waals surface area contributed by atoms with Gasteiger partial charge in [0.2, 0.25) is 0 Å². The van der Waals surface area contributed by atoms with Crippen LogP contribution in [0.25, 0.3) is 22.5 Å². The van der Waals surface area contributed by atoms with Gasteiger partial charge in [0.25, 0.3) is 0 Å². The van der Waals surface area contributed by atoms with Gasteiger partial charge in [0.05, 0.1) is 0 Å². The largest absolute Gasteiger partial charge is 0.328 e. The zero-order valence-electron chi connectivity index (χ0n) is 14.8. The van der Waals surface area contributed by atoms with Crippen molar-refractivity contribution in [3.05, 3.63) is 64.5 Å². The molecule has 4 heteroatoms.